The van der Waals surface area contributed by atoms with Gasteiger partial charge in [-0.25, -0.2) is 4.98 Å². The Hall–Kier alpha value is -1.36. The van der Waals surface area contributed by atoms with E-state index in [0.29, 0.717) is 25.0 Å². The number of aryl methyl sites for hydroxylation is 1. The predicted octanol–water partition coefficient (Wildman–Crippen LogP) is 2.30. The minimum absolute atomic E-state index is 0.646. The average Bonchev–Trinajstić information content (AvgIpc) is 2.28. The van der Waals surface area contributed by atoms with Gasteiger partial charge in [0.2, 0.25) is 5.95 Å². The molecule has 1 heterocycles. The number of hydrogen-bond donors (Lipinski definition) is 2. The summed E-state index contributed by atoms with van der Waals surface area (Å²) in [5.41, 5.74) is 0.956. The van der Waals surface area contributed by atoms with Crippen LogP contribution in [0.25, 0.3) is 0 Å². The maximum Gasteiger partial charge on any atom is 0.224 e. The van der Waals surface area contributed by atoms with Gasteiger partial charge in [-0.15, -0.1) is 0 Å². The van der Waals surface area contributed by atoms with Crippen LogP contribution in [0.2, 0.25) is 0 Å². The van der Waals surface area contributed by atoms with Crippen LogP contribution in [-0.4, -0.2) is 36.8 Å². The number of nitrogens with one attached hydrogen (secondary N) is 2. The van der Waals surface area contributed by atoms with Gasteiger partial charge in [0.25, 0.3) is 0 Å². The van der Waals surface area contributed by atoms with Gasteiger partial charge in [-0.3, -0.25) is 0 Å². The minimum atomic E-state index is 0.646. The lowest BCUT2D eigenvalue weighted by atomic mass is 10.1. The largest absolute Gasteiger partial charge is 0.383 e. The molecule has 0 radical (unpaired) electrons. The van der Waals surface area contributed by atoms with Crippen molar-refractivity contribution in [2.45, 2.75) is 27.2 Å². The van der Waals surface area contributed by atoms with Crippen molar-refractivity contribution in [2.24, 2.45) is 5.92 Å². The van der Waals surface area contributed by atoms with Crippen LogP contribution in [0.1, 0.15) is 26.0 Å². The van der Waals surface area contributed by atoms with E-state index < -0.39 is 0 Å². The van der Waals surface area contributed by atoms with Gasteiger partial charge >= 0.3 is 0 Å². The molecule has 5 nitrogen and oxygen atoms in total. The quantitative estimate of drug-likeness (QED) is 0.695. The Morgan fingerprint density at radius 2 is 2.00 bits per heavy atom. The zero-order valence-corrected chi connectivity index (χ0v) is 11.8. The summed E-state index contributed by atoms with van der Waals surface area (Å²) < 4.78 is 4.98. The van der Waals surface area contributed by atoms with Crippen LogP contribution in [0.4, 0.5) is 11.8 Å². The van der Waals surface area contributed by atoms with Gasteiger partial charge in [-0.2, -0.15) is 4.98 Å². The van der Waals surface area contributed by atoms with Crippen molar-refractivity contribution in [1.29, 1.82) is 0 Å². The van der Waals surface area contributed by atoms with E-state index >= 15 is 0 Å². The van der Waals surface area contributed by atoms with Gasteiger partial charge in [0.15, 0.2) is 0 Å². The first-order chi connectivity index (χ1) is 8.61. The Bertz CT molecular complexity index is 355. The standard InChI is InChI=1S/C13H24N4O/c1-10(2)5-6-14-12-9-11(3)16-13(17-12)15-7-8-18-4/h9-10H,5-8H2,1-4H3,(H2,14,15,16,17). The zero-order valence-electron chi connectivity index (χ0n) is 11.8. The molecule has 102 valence electrons. The van der Waals surface area contributed by atoms with Crippen LogP contribution in [0.15, 0.2) is 6.07 Å². The first kappa shape index (κ1) is 14.7. The second-order valence-corrected chi connectivity index (χ2v) is 4.75. The number of rotatable bonds is 8. The van der Waals surface area contributed by atoms with Crippen molar-refractivity contribution >= 4 is 11.8 Å². The Kier molecular flexibility index (Phi) is 6.43. The van der Waals surface area contributed by atoms with Crippen LogP contribution in [-0.2, 0) is 4.74 Å². The third-order valence-corrected chi connectivity index (χ3v) is 2.47. The summed E-state index contributed by atoms with van der Waals surface area (Å²) in [5.74, 6) is 2.22. The number of ether oxygens (including phenoxy) is 1. The molecule has 18 heavy (non-hydrogen) atoms. The fourth-order valence-corrected chi connectivity index (χ4v) is 1.49. The molecule has 0 atom stereocenters. The molecule has 0 bridgehead atoms. The van der Waals surface area contributed by atoms with Crippen molar-refractivity contribution in [3.05, 3.63) is 11.8 Å². The van der Waals surface area contributed by atoms with Crippen LogP contribution in [0, 0.1) is 12.8 Å². The van der Waals surface area contributed by atoms with Gasteiger partial charge in [0, 0.05) is 32.0 Å². The maximum atomic E-state index is 4.98. The van der Waals surface area contributed by atoms with E-state index in [4.69, 9.17) is 4.74 Å². The molecule has 0 aliphatic rings. The molecule has 1 aromatic rings. The number of nitrogens with zero attached hydrogens (tertiary/aromatic N) is 2. The molecule has 0 saturated carbocycles. The second kappa shape index (κ2) is 7.87. The van der Waals surface area contributed by atoms with Crippen LogP contribution < -0.4 is 10.6 Å². The van der Waals surface area contributed by atoms with Crippen molar-refractivity contribution in [1.82, 2.24) is 9.97 Å². The lowest BCUT2D eigenvalue weighted by Gasteiger charge is -2.10. The van der Waals surface area contributed by atoms with E-state index in [0.717, 1.165) is 24.5 Å². The summed E-state index contributed by atoms with van der Waals surface area (Å²) in [5, 5.41) is 6.46. The van der Waals surface area contributed by atoms with Gasteiger partial charge in [-0.05, 0) is 19.3 Å². The van der Waals surface area contributed by atoms with E-state index in [1.807, 2.05) is 13.0 Å². The van der Waals surface area contributed by atoms with E-state index in [1.54, 1.807) is 7.11 Å². The molecule has 0 saturated heterocycles. The van der Waals surface area contributed by atoms with E-state index in [9.17, 15) is 0 Å². The normalized spacial score (nSPS) is 10.7. The smallest absolute Gasteiger partial charge is 0.224 e. The zero-order chi connectivity index (χ0) is 13.4. The summed E-state index contributed by atoms with van der Waals surface area (Å²) in [4.78, 5) is 8.74. The second-order valence-electron chi connectivity index (χ2n) is 4.75. The Morgan fingerprint density at radius 3 is 2.67 bits per heavy atom. The van der Waals surface area contributed by atoms with Crippen molar-refractivity contribution in [3.8, 4) is 0 Å². The number of aromatic nitrogens is 2. The first-order valence-electron chi connectivity index (χ1n) is 6.44. The maximum absolute atomic E-state index is 4.98. The lowest BCUT2D eigenvalue weighted by molar-refractivity contribution is 0.210. The highest BCUT2D eigenvalue weighted by molar-refractivity contribution is 5.42. The molecular weight excluding hydrogens is 228 g/mol. The highest BCUT2D eigenvalue weighted by atomic mass is 16.5. The Labute approximate surface area is 109 Å². The molecule has 0 aliphatic heterocycles. The molecule has 0 unspecified atom stereocenters. The number of hydrogen-bond acceptors (Lipinski definition) is 5. The Balaban J connectivity index is 2.51. The molecule has 0 fully saturated rings. The summed E-state index contributed by atoms with van der Waals surface area (Å²) in [6.07, 6.45) is 1.13. The highest BCUT2D eigenvalue weighted by Gasteiger charge is 2.02. The first-order valence-corrected chi connectivity index (χ1v) is 6.44. The minimum Gasteiger partial charge on any atom is -0.383 e. The SMILES string of the molecule is COCCNc1nc(C)cc(NCCC(C)C)n1. The number of anilines is 2. The van der Waals surface area contributed by atoms with Crippen molar-refractivity contribution in [3.63, 3.8) is 0 Å². The molecule has 5 heteroatoms. The molecule has 1 aromatic heterocycles. The molecule has 0 aliphatic carbocycles. The van der Waals surface area contributed by atoms with Crippen LogP contribution >= 0.6 is 0 Å². The third kappa shape index (κ3) is 5.82. The van der Waals surface area contributed by atoms with Gasteiger partial charge < -0.3 is 15.4 Å². The van der Waals surface area contributed by atoms with Crippen LogP contribution in [0.3, 0.4) is 0 Å². The summed E-state index contributed by atoms with van der Waals surface area (Å²) in [6.45, 7) is 8.69. The molecule has 1 rings (SSSR count). The molecule has 0 amide bonds. The monoisotopic (exact) mass is 252 g/mol. The van der Waals surface area contributed by atoms with E-state index in [1.165, 1.54) is 0 Å². The van der Waals surface area contributed by atoms with E-state index in [2.05, 4.69) is 34.4 Å². The van der Waals surface area contributed by atoms with Crippen LogP contribution in [0.5, 0.6) is 0 Å². The fraction of sp³-hybridized carbons (Fsp3) is 0.692. The molecular formula is C13H24N4O. The fourth-order valence-electron chi connectivity index (χ4n) is 1.49. The summed E-state index contributed by atoms with van der Waals surface area (Å²) in [7, 11) is 1.68. The predicted molar refractivity (Wildman–Crippen MR) is 75.1 cm³/mol. The average molecular weight is 252 g/mol. The Morgan fingerprint density at radius 1 is 1.22 bits per heavy atom. The molecule has 0 spiro atoms. The highest BCUT2D eigenvalue weighted by Crippen LogP contribution is 2.10. The van der Waals surface area contributed by atoms with Gasteiger partial charge in [0.1, 0.15) is 5.82 Å². The van der Waals surface area contributed by atoms with Gasteiger partial charge in [-0.1, -0.05) is 13.8 Å². The third-order valence-electron chi connectivity index (χ3n) is 2.47. The molecule has 0 aromatic carbocycles. The summed E-state index contributed by atoms with van der Waals surface area (Å²) in [6, 6.07) is 1.96. The number of methoxy groups -OCH3 is 1. The lowest BCUT2D eigenvalue weighted by Crippen LogP contribution is -2.13. The van der Waals surface area contributed by atoms with Crippen molar-refractivity contribution in [2.75, 3.05) is 37.4 Å². The topological polar surface area (TPSA) is 59.1 Å². The van der Waals surface area contributed by atoms with Crippen molar-refractivity contribution < 1.29 is 4.74 Å². The molecule has 2 N–H and O–H groups in total. The van der Waals surface area contributed by atoms with Gasteiger partial charge in [0.05, 0.1) is 6.61 Å². The summed E-state index contributed by atoms with van der Waals surface area (Å²) >= 11 is 0. The van der Waals surface area contributed by atoms with E-state index in [-0.39, 0.29) is 0 Å².